The molecule has 0 saturated carbocycles. The Morgan fingerprint density at radius 1 is 1.44 bits per heavy atom. The van der Waals surface area contributed by atoms with Crippen LogP contribution in [0.2, 0.25) is 0 Å². The van der Waals surface area contributed by atoms with E-state index in [1.807, 2.05) is 0 Å². The van der Waals surface area contributed by atoms with E-state index in [1.54, 1.807) is 26.0 Å². The van der Waals surface area contributed by atoms with E-state index >= 15 is 0 Å². The molecule has 16 heavy (non-hydrogen) atoms. The van der Waals surface area contributed by atoms with Crippen LogP contribution < -0.4 is 10.4 Å². The van der Waals surface area contributed by atoms with Gasteiger partial charge in [0.25, 0.3) is 5.91 Å². The first kappa shape index (κ1) is 12.2. The summed E-state index contributed by atoms with van der Waals surface area (Å²) < 4.78 is 0. The number of hydrogen-bond donors (Lipinski definition) is 1. The number of carbonyl (C=O) groups is 2. The van der Waals surface area contributed by atoms with Gasteiger partial charge < -0.3 is 15.2 Å². The fraction of sp³-hybridized carbons (Fsp3) is 0.364. The summed E-state index contributed by atoms with van der Waals surface area (Å²) in [4.78, 5) is 26.2. The van der Waals surface area contributed by atoms with Crippen molar-refractivity contribution in [3.8, 4) is 0 Å². The molecule has 1 amide bonds. The Morgan fingerprint density at radius 2 is 2.12 bits per heavy atom. The molecule has 0 aliphatic heterocycles. The van der Waals surface area contributed by atoms with E-state index in [1.165, 1.54) is 12.4 Å². The van der Waals surface area contributed by atoms with Crippen LogP contribution in [-0.4, -0.2) is 22.9 Å². The van der Waals surface area contributed by atoms with E-state index < -0.39 is 17.9 Å². The average Bonchev–Trinajstić information content (AvgIpc) is 2.25. The van der Waals surface area contributed by atoms with Gasteiger partial charge in [-0.05, 0) is 18.1 Å². The molecule has 86 valence electrons. The molecule has 0 aromatic carbocycles. The summed E-state index contributed by atoms with van der Waals surface area (Å²) in [5.74, 6) is -1.98. The van der Waals surface area contributed by atoms with Crippen molar-refractivity contribution in [3.63, 3.8) is 0 Å². The summed E-state index contributed by atoms with van der Waals surface area (Å²) in [6.07, 6.45) is 2.91. The van der Waals surface area contributed by atoms with Crippen molar-refractivity contribution >= 4 is 11.9 Å². The number of aliphatic carboxylic acids is 1. The molecular weight excluding hydrogens is 208 g/mol. The Kier molecular flexibility index (Phi) is 3.99. The third-order valence-corrected chi connectivity index (χ3v) is 2.13. The molecule has 1 atom stereocenters. The number of rotatable bonds is 4. The minimum atomic E-state index is -1.28. The minimum absolute atomic E-state index is 0.231. The molecular formula is C11H13N2O3-. The van der Waals surface area contributed by atoms with Crippen LogP contribution in [-0.2, 0) is 4.79 Å². The lowest BCUT2D eigenvalue weighted by Crippen LogP contribution is -2.50. The normalized spacial score (nSPS) is 12.2. The van der Waals surface area contributed by atoms with Gasteiger partial charge in [0.1, 0.15) is 0 Å². The molecule has 0 aliphatic carbocycles. The van der Waals surface area contributed by atoms with Crippen molar-refractivity contribution in [1.29, 1.82) is 0 Å². The van der Waals surface area contributed by atoms with Crippen LogP contribution in [0.15, 0.2) is 24.5 Å². The van der Waals surface area contributed by atoms with Gasteiger partial charge in [0.15, 0.2) is 0 Å². The van der Waals surface area contributed by atoms with Gasteiger partial charge in [0.05, 0.1) is 17.6 Å². The van der Waals surface area contributed by atoms with E-state index in [4.69, 9.17) is 0 Å². The second-order valence-corrected chi connectivity index (χ2v) is 3.76. The number of amides is 1. The van der Waals surface area contributed by atoms with Crippen LogP contribution in [0.3, 0.4) is 0 Å². The van der Waals surface area contributed by atoms with Gasteiger partial charge in [-0.25, -0.2) is 0 Å². The second kappa shape index (κ2) is 5.25. The van der Waals surface area contributed by atoms with Gasteiger partial charge in [0, 0.05) is 12.4 Å². The Hall–Kier alpha value is -1.91. The summed E-state index contributed by atoms with van der Waals surface area (Å²) in [5.41, 5.74) is 0.328. The molecule has 5 heteroatoms. The van der Waals surface area contributed by atoms with Crippen molar-refractivity contribution in [2.24, 2.45) is 5.92 Å². The molecule has 5 nitrogen and oxygen atoms in total. The highest BCUT2D eigenvalue weighted by molar-refractivity contribution is 5.96. The number of carbonyl (C=O) groups excluding carboxylic acids is 2. The zero-order valence-electron chi connectivity index (χ0n) is 9.14. The minimum Gasteiger partial charge on any atom is -0.548 e. The lowest BCUT2D eigenvalue weighted by atomic mass is 10.0. The summed E-state index contributed by atoms with van der Waals surface area (Å²) in [7, 11) is 0. The maximum Gasteiger partial charge on any atom is 0.253 e. The van der Waals surface area contributed by atoms with E-state index in [0.717, 1.165) is 0 Å². The Balaban J connectivity index is 2.74. The molecule has 1 aromatic rings. The highest BCUT2D eigenvalue weighted by atomic mass is 16.4. The highest BCUT2D eigenvalue weighted by Gasteiger charge is 2.17. The number of pyridine rings is 1. The van der Waals surface area contributed by atoms with Crippen LogP contribution in [0.25, 0.3) is 0 Å². The SMILES string of the molecule is CC(C)[C@@H](NC(=O)c1cccnc1)C(=O)[O-]. The lowest BCUT2D eigenvalue weighted by Gasteiger charge is -2.23. The predicted molar refractivity (Wildman–Crippen MR) is 55.3 cm³/mol. The third-order valence-electron chi connectivity index (χ3n) is 2.13. The third kappa shape index (κ3) is 3.05. The van der Waals surface area contributed by atoms with Gasteiger partial charge in [-0.2, -0.15) is 0 Å². The Labute approximate surface area is 93.5 Å². The fourth-order valence-electron chi connectivity index (χ4n) is 1.22. The fourth-order valence-corrected chi connectivity index (χ4v) is 1.22. The Bertz CT molecular complexity index is 376. The number of nitrogens with zero attached hydrogens (tertiary/aromatic N) is 1. The van der Waals surface area contributed by atoms with Gasteiger partial charge in [-0.1, -0.05) is 13.8 Å². The molecule has 0 unspecified atom stereocenters. The van der Waals surface area contributed by atoms with Crippen LogP contribution >= 0.6 is 0 Å². The standard InChI is InChI=1S/C11H14N2O3/c1-7(2)9(11(15)16)13-10(14)8-4-3-5-12-6-8/h3-7,9H,1-2H3,(H,13,14)(H,15,16)/p-1/t9-/m1/s1. The molecule has 0 bridgehead atoms. The Morgan fingerprint density at radius 3 is 2.56 bits per heavy atom. The molecule has 0 saturated heterocycles. The molecule has 0 fully saturated rings. The maximum absolute atomic E-state index is 11.6. The summed E-state index contributed by atoms with van der Waals surface area (Å²) >= 11 is 0. The number of carboxylic acids is 1. The van der Waals surface area contributed by atoms with E-state index in [-0.39, 0.29) is 5.92 Å². The smallest absolute Gasteiger partial charge is 0.253 e. The van der Waals surface area contributed by atoms with Gasteiger partial charge >= 0.3 is 0 Å². The summed E-state index contributed by atoms with van der Waals surface area (Å²) in [6, 6.07) is 2.18. The molecule has 1 heterocycles. The van der Waals surface area contributed by atoms with Crippen LogP contribution in [0.4, 0.5) is 0 Å². The zero-order valence-corrected chi connectivity index (χ0v) is 9.14. The number of aromatic nitrogens is 1. The van der Waals surface area contributed by atoms with Crippen LogP contribution in [0.5, 0.6) is 0 Å². The molecule has 0 aliphatic rings. The van der Waals surface area contributed by atoms with Crippen molar-refractivity contribution in [3.05, 3.63) is 30.1 Å². The second-order valence-electron chi connectivity index (χ2n) is 3.76. The monoisotopic (exact) mass is 221 g/mol. The van der Waals surface area contributed by atoms with Crippen molar-refractivity contribution < 1.29 is 14.7 Å². The van der Waals surface area contributed by atoms with E-state index in [0.29, 0.717) is 5.56 Å². The van der Waals surface area contributed by atoms with Crippen molar-refractivity contribution in [2.75, 3.05) is 0 Å². The van der Waals surface area contributed by atoms with Gasteiger partial charge in [0.2, 0.25) is 0 Å². The zero-order chi connectivity index (χ0) is 12.1. The molecule has 1 rings (SSSR count). The first-order valence-corrected chi connectivity index (χ1v) is 4.94. The first-order valence-electron chi connectivity index (χ1n) is 4.94. The lowest BCUT2D eigenvalue weighted by molar-refractivity contribution is -0.309. The van der Waals surface area contributed by atoms with Crippen LogP contribution in [0, 0.1) is 5.92 Å². The molecule has 0 spiro atoms. The summed E-state index contributed by atoms with van der Waals surface area (Å²) in [6.45, 7) is 3.40. The summed E-state index contributed by atoms with van der Waals surface area (Å²) in [5, 5.41) is 13.2. The van der Waals surface area contributed by atoms with Crippen LogP contribution in [0.1, 0.15) is 24.2 Å². The largest absolute Gasteiger partial charge is 0.548 e. The predicted octanol–water partition coefficient (Wildman–Crippen LogP) is -0.414. The van der Waals surface area contributed by atoms with E-state index in [2.05, 4.69) is 10.3 Å². The maximum atomic E-state index is 11.6. The van der Waals surface area contributed by atoms with Crippen molar-refractivity contribution in [2.45, 2.75) is 19.9 Å². The molecule has 1 N–H and O–H groups in total. The molecule has 0 radical (unpaired) electrons. The van der Waals surface area contributed by atoms with Gasteiger partial charge in [-0.3, -0.25) is 9.78 Å². The highest BCUT2D eigenvalue weighted by Crippen LogP contribution is 2.03. The van der Waals surface area contributed by atoms with Gasteiger partial charge in [-0.15, -0.1) is 0 Å². The topological polar surface area (TPSA) is 82.1 Å². The van der Waals surface area contributed by atoms with Crippen molar-refractivity contribution in [1.82, 2.24) is 10.3 Å². The molecule has 1 aromatic heterocycles. The number of hydrogen-bond acceptors (Lipinski definition) is 4. The quantitative estimate of drug-likeness (QED) is 0.749. The first-order chi connectivity index (χ1) is 7.52. The average molecular weight is 221 g/mol. The van der Waals surface area contributed by atoms with E-state index in [9.17, 15) is 14.7 Å². The number of carboxylic acid groups (broad SMARTS) is 1. The number of nitrogens with one attached hydrogen (secondary N) is 1.